The van der Waals surface area contributed by atoms with Crippen molar-refractivity contribution < 1.29 is 37.0 Å². The summed E-state index contributed by atoms with van der Waals surface area (Å²) < 4.78 is 50.1. The number of furan rings is 1. The van der Waals surface area contributed by atoms with Gasteiger partial charge in [0.05, 0.1) is 23.3 Å². The minimum atomic E-state index is -4.47. The lowest BCUT2D eigenvalue weighted by molar-refractivity contribution is -0.137. The van der Waals surface area contributed by atoms with Crippen LogP contribution in [0.3, 0.4) is 0 Å². The Labute approximate surface area is 211 Å². The van der Waals surface area contributed by atoms with E-state index >= 15 is 0 Å². The maximum Gasteiger partial charge on any atom is 0.418 e. The molecule has 1 atom stereocenters. The molecule has 3 N–H and O–H groups in total. The second kappa shape index (κ2) is 11.1. The highest BCUT2D eigenvalue weighted by atomic mass is 19.4. The minimum absolute atomic E-state index is 0.0402. The number of carbonyl (C=O) groups excluding carboxylic acids is 2. The molecule has 1 saturated heterocycles. The Hall–Kier alpha value is -3.79. The molecule has 1 fully saturated rings. The molecular formula is C27H27F3N2O5. The maximum absolute atomic E-state index is 13.2. The summed E-state index contributed by atoms with van der Waals surface area (Å²) in [6.45, 7) is 0.952. The number of amides is 1. The van der Waals surface area contributed by atoms with E-state index in [1.165, 1.54) is 30.3 Å². The molecule has 7 nitrogen and oxygen atoms in total. The van der Waals surface area contributed by atoms with Gasteiger partial charge in [-0.2, -0.15) is 13.2 Å². The van der Waals surface area contributed by atoms with Crippen LogP contribution in [-0.2, 0) is 22.3 Å². The highest BCUT2D eigenvalue weighted by molar-refractivity contribution is 5.93. The fourth-order valence-electron chi connectivity index (χ4n) is 4.36. The zero-order chi connectivity index (χ0) is 26.5. The zero-order valence-electron chi connectivity index (χ0n) is 19.9. The Morgan fingerprint density at radius 3 is 2.43 bits per heavy atom. The molecule has 0 spiro atoms. The third-order valence-electron chi connectivity index (χ3n) is 6.43. The summed E-state index contributed by atoms with van der Waals surface area (Å²) >= 11 is 0. The lowest BCUT2D eigenvalue weighted by atomic mass is 9.80. The number of hydrogen-bond acceptors (Lipinski definition) is 6. The fourth-order valence-corrected chi connectivity index (χ4v) is 4.36. The Morgan fingerprint density at radius 2 is 1.78 bits per heavy atom. The summed E-state index contributed by atoms with van der Waals surface area (Å²) in [6.07, 6.45) is -2.84. The van der Waals surface area contributed by atoms with E-state index in [1.54, 1.807) is 24.3 Å². The molecule has 0 radical (unpaired) electrons. The smallest absolute Gasteiger partial charge is 0.418 e. The van der Waals surface area contributed by atoms with Crippen molar-refractivity contribution >= 4 is 23.1 Å². The Balaban J connectivity index is 1.31. The van der Waals surface area contributed by atoms with Crippen LogP contribution >= 0.6 is 0 Å². The molecular weight excluding hydrogens is 489 g/mol. The summed E-state index contributed by atoms with van der Waals surface area (Å²) in [5.74, 6) is -0.660. The molecule has 1 aromatic heterocycles. The van der Waals surface area contributed by atoms with Gasteiger partial charge in [0.25, 0.3) is 5.95 Å². The summed E-state index contributed by atoms with van der Waals surface area (Å²) in [5.41, 5.74) is -0.262. The number of benzene rings is 2. The molecule has 2 heterocycles. The zero-order valence-corrected chi connectivity index (χ0v) is 19.9. The van der Waals surface area contributed by atoms with Gasteiger partial charge >= 0.3 is 6.18 Å². The Morgan fingerprint density at radius 1 is 1.03 bits per heavy atom. The van der Waals surface area contributed by atoms with Crippen LogP contribution in [-0.4, -0.2) is 30.0 Å². The van der Waals surface area contributed by atoms with Gasteiger partial charge in [0.2, 0.25) is 5.91 Å². The van der Waals surface area contributed by atoms with Crippen molar-refractivity contribution in [2.45, 2.75) is 38.4 Å². The molecule has 10 heteroatoms. The van der Waals surface area contributed by atoms with E-state index in [0.29, 0.717) is 31.6 Å². The number of rotatable bonds is 10. The van der Waals surface area contributed by atoms with E-state index < -0.39 is 17.2 Å². The predicted molar refractivity (Wildman–Crippen MR) is 129 cm³/mol. The van der Waals surface area contributed by atoms with Gasteiger partial charge < -0.3 is 24.9 Å². The molecule has 0 unspecified atom stereocenters. The van der Waals surface area contributed by atoms with Gasteiger partial charge in [0.15, 0.2) is 11.5 Å². The lowest BCUT2D eigenvalue weighted by Gasteiger charge is -2.26. The first-order chi connectivity index (χ1) is 17.7. The number of alkyl halides is 3. The average Bonchev–Trinajstić information content (AvgIpc) is 3.53. The van der Waals surface area contributed by atoms with Crippen molar-refractivity contribution in [2.75, 3.05) is 18.5 Å². The number of para-hydroxylation sites is 1. The normalized spacial score (nSPS) is 17.5. The maximum atomic E-state index is 13.2. The van der Waals surface area contributed by atoms with E-state index in [0.717, 1.165) is 11.6 Å². The third-order valence-corrected chi connectivity index (χ3v) is 6.43. The van der Waals surface area contributed by atoms with Gasteiger partial charge in [-0.1, -0.05) is 24.3 Å². The fraction of sp³-hybridized carbons (Fsp3) is 0.333. The first kappa shape index (κ1) is 26.3. The van der Waals surface area contributed by atoms with E-state index in [2.05, 4.69) is 10.6 Å². The number of halogens is 3. The predicted octanol–water partition coefficient (Wildman–Crippen LogP) is 5.82. The van der Waals surface area contributed by atoms with Crippen LogP contribution < -0.4 is 10.6 Å². The SMILES string of the molecule is O=C(CCC[C@@]1(C(=O)NCc2ccc(Nc3ccccc3C(F)(F)F)cc2)CCOC1)c1ccc(O)o1. The number of aromatic hydroxyl groups is 1. The number of ketones is 1. The van der Waals surface area contributed by atoms with Crippen molar-refractivity contribution in [3.8, 4) is 5.95 Å². The second-order valence-electron chi connectivity index (χ2n) is 9.05. The molecule has 0 saturated carbocycles. The van der Waals surface area contributed by atoms with Gasteiger partial charge in [0.1, 0.15) is 0 Å². The minimum Gasteiger partial charge on any atom is -0.481 e. The van der Waals surface area contributed by atoms with Crippen molar-refractivity contribution in [3.05, 3.63) is 77.6 Å². The summed E-state index contributed by atoms with van der Waals surface area (Å²) in [6, 6.07) is 14.7. The number of nitrogens with one attached hydrogen (secondary N) is 2. The van der Waals surface area contributed by atoms with Gasteiger partial charge in [-0.25, -0.2) is 0 Å². The van der Waals surface area contributed by atoms with Crippen molar-refractivity contribution in [1.29, 1.82) is 0 Å². The lowest BCUT2D eigenvalue weighted by Crippen LogP contribution is -2.41. The van der Waals surface area contributed by atoms with E-state index in [9.17, 15) is 27.9 Å². The van der Waals surface area contributed by atoms with Crippen LogP contribution in [0.1, 0.15) is 47.4 Å². The van der Waals surface area contributed by atoms with Crippen LogP contribution in [0.4, 0.5) is 24.5 Å². The van der Waals surface area contributed by atoms with Gasteiger partial charge in [0, 0.05) is 31.3 Å². The number of hydrogen-bond donors (Lipinski definition) is 3. The highest BCUT2D eigenvalue weighted by Crippen LogP contribution is 2.36. The molecule has 1 amide bonds. The van der Waals surface area contributed by atoms with Crippen LogP contribution in [0, 0.1) is 5.41 Å². The van der Waals surface area contributed by atoms with Crippen LogP contribution in [0.2, 0.25) is 0 Å². The molecule has 0 bridgehead atoms. The number of anilines is 2. The number of carbonyl (C=O) groups is 2. The number of ether oxygens (including phenoxy) is 1. The molecule has 0 aliphatic carbocycles. The topological polar surface area (TPSA) is 101 Å². The summed E-state index contributed by atoms with van der Waals surface area (Å²) in [4.78, 5) is 25.3. The molecule has 3 aromatic rings. The summed E-state index contributed by atoms with van der Waals surface area (Å²) in [7, 11) is 0. The molecule has 2 aromatic carbocycles. The van der Waals surface area contributed by atoms with E-state index in [-0.39, 0.29) is 48.7 Å². The van der Waals surface area contributed by atoms with E-state index in [4.69, 9.17) is 9.15 Å². The van der Waals surface area contributed by atoms with Crippen LogP contribution in [0.25, 0.3) is 0 Å². The van der Waals surface area contributed by atoms with Crippen molar-refractivity contribution in [2.24, 2.45) is 5.41 Å². The quantitative estimate of drug-likeness (QED) is 0.294. The van der Waals surface area contributed by atoms with Crippen LogP contribution in [0.15, 0.2) is 65.1 Å². The van der Waals surface area contributed by atoms with Gasteiger partial charge in [-0.15, -0.1) is 0 Å². The molecule has 4 rings (SSSR count). The largest absolute Gasteiger partial charge is 0.481 e. The Bertz CT molecular complexity index is 1230. The standard InChI is InChI=1S/C27H27F3N2O5/c28-27(29,30)20-4-1-2-5-21(20)32-19-9-7-18(8-10-19)16-31-25(35)26(14-15-36-17-26)13-3-6-22(33)23-11-12-24(34)37-23/h1-2,4-5,7-12,32,34H,3,6,13-17H2,(H,31,35)/t26-/m1/s1. The molecule has 1 aliphatic heterocycles. The van der Waals surface area contributed by atoms with Crippen molar-refractivity contribution in [3.63, 3.8) is 0 Å². The van der Waals surface area contributed by atoms with Crippen LogP contribution in [0.5, 0.6) is 5.95 Å². The Kier molecular flexibility index (Phi) is 7.87. The average molecular weight is 517 g/mol. The van der Waals surface area contributed by atoms with Crippen molar-refractivity contribution in [1.82, 2.24) is 5.32 Å². The molecule has 196 valence electrons. The van der Waals surface area contributed by atoms with Gasteiger partial charge in [-0.3, -0.25) is 9.59 Å². The third kappa shape index (κ3) is 6.51. The first-order valence-corrected chi connectivity index (χ1v) is 11.9. The summed E-state index contributed by atoms with van der Waals surface area (Å²) in [5, 5.41) is 15.0. The first-order valence-electron chi connectivity index (χ1n) is 11.9. The van der Waals surface area contributed by atoms with E-state index in [1.807, 2.05) is 0 Å². The molecule has 37 heavy (non-hydrogen) atoms. The molecule has 1 aliphatic rings. The highest BCUT2D eigenvalue weighted by Gasteiger charge is 2.41. The van der Waals surface area contributed by atoms with Gasteiger partial charge in [-0.05, 0) is 55.2 Å². The number of Topliss-reactive ketones (excluding diaryl/α,β-unsaturated/α-hetero) is 1. The second-order valence-corrected chi connectivity index (χ2v) is 9.05. The monoisotopic (exact) mass is 516 g/mol.